The highest BCUT2D eigenvalue weighted by atomic mass is 19.4. The molecule has 1 atom stereocenters. The molecule has 0 bridgehead atoms. The molecule has 84 valence electrons. The SMILES string of the molecule is CC(CC(F)(F)F)NC(=O)CCCN. The van der Waals surface area contributed by atoms with Gasteiger partial charge in [-0.15, -0.1) is 0 Å². The molecule has 0 aromatic rings. The fraction of sp³-hybridized carbons (Fsp3) is 0.875. The molecule has 6 heteroatoms. The molecule has 0 radical (unpaired) electrons. The van der Waals surface area contributed by atoms with E-state index < -0.39 is 18.6 Å². The molecule has 0 spiro atoms. The summed E-state index contributed by atoms with van der Waals surface area (Å²) in [5, 5.41) is 2.26. The van der Waals surface area contributed by atoms with Crippen molar-refractivity contribution < 1.29 is 18.0 Å². The maximum absolute atomic E-state index is 11.8. The van der Waals surface area contributed by atoms with Gasteiger partial charge < -0.3 is 11.1 Å². The summed E-state index contributed by atoms with van der Waals surface area (Å²) in [6.07, 6.45) is -4.56. The second kappa shape index (κ2) is 5.85. The Morgan fingerprint density at radius 3 is 2.50 bits per heavy atom. The number of hydrogen-bond donors (Lipinski definition) is 2. The Labute approximate surface area is 80.8 Å². The second-order valence-electron chi connectivity index (χ2n) is 3.18. The van der Waals surface area contributed by atoms with Gasteiger partial charge >= 0.3 is 6.18 Å². The molecule has 0 saturated carbocycles. The molecule has 0 aliphatic rings. The lowest BCUT2D eigenvalue weighted by molar-refractivity contribution is -0.141. The lowest BCUT2D eigenvalue weighted by atomic mass is 10.2. The first-order chi connectivity index (χ1) is 6.35. The Bertz CT molecular complexity index is 182. The van der Waals surface area contributed by atoms with Gasteiger partial charge in [0, 0.05) is 12.5 Å². The fourth-order valence-corrected chi connectivity index (χ4v) is 1.01. The number of carbonyl (C=O) groups is 1. The minimum Gasteiger partial charge on any atom is -0.353 e. The van der Waals surface area contributed by atoms with Crippen LogP contribution in [0.3, 0.4) is 0 Å². The molecule has 3 N–H and O–H groups in total. The zero-order valence-electron chi connectivity index (χ0n) is 8.03. The number of halogens is 3. The third kappa shape index (κ3) is 7.85. The first-order valence-corrected chi connectivity index (χ1v) is 4.41. The Morgan fingerprint density at radius 2 is 2.07 bits per heavy atom. The van der Waals surface area contributed by atoms with E-state index in [1.54, 1.807) is 0 Å². The Morgan fingerprint density at radius 1 is 1.50 bits per heavy atom. The maximum atomic E-state index is 11.8. The summed E-state index contributed by atoms with van der Waals surface area (Å²) in [7, 11) is 0. The van der Waals surface area contributed by atoms with E-state index in [1.165, 1.54) is 6.92 Å². The van der Waals surface area contributed by atoms with E-state index in [9.17, 15) is 18.0 Å². The number of rotatable bonds is 5. The van der Waals surface area contributed by atoms with Crippen LogP contribution in [0.1, 0.15) is 26.2 Å². The van der Waals surface area contributed by atoms with Crippen LogP contribution in [0.5, 0.6) is 0 Å². The lowest BCUT2D eigenvalue weighted by Gasteiger charge is -2.15. The van der Waals surface area contributed by atoms with Crippen LogP contribution in [0.4, 0.5) is 13.2 Å². The summed E-state index contributed by atoms with van der Waals surface area (Å²) >= 11 is 0. The average molecular weight is 212 g/mol. The fourth-order valence-electron chi connectivity index (χ4n) is 1.01. The van der Waals surface area contributed by atoms with Gasteiger partial charge in [0.2, 0.25) is 5.91 Å². The van der Waals surface area contributed by atoms with E-state index in [-0.39, 0.29) is 12.3 Å². The summed E-state index contributed by atoms with van der Waals surface area (Å²) in [5.74, 6) is -0.382. The van der Waals surface area contributed by atoms with Crippen LogP contribution in [-0.4, -0.2) is 24.7 Å². The molecule has 3 nitrogen and oxygen atoms in total. The highest BCUT2D eigenvalue weighted by Crippen LogP contribution is 2.21. The van der Waals surface area contributed by atoms with E-state index in [1.807, 2.05) is 0 Å². The predicted octanol–water partition coefficient (Wildman–Crippen LogP) is 1.18. The van der Waals surface area contributed by atoms with Gasteiger partial charge in [0.1, 0.15) is 0 Å². The molecule has 1 unspecified atom stereocenters. The average Bonchev–Trinajstić information content (AvgIpc) is 1.96. The zero-order chi connectivity index (χ0) is 11.2. The van der Waals surface area contributed by atoms with Crippen molar-refractivity contribution in [3.63, 3.8) is 0 Å². The highest BCUT2D eigenvalue weighted by molar-refractivity contribution is 5.76. The number of alkyl halides is 3. The lowest BCUT2D eigenvalue weighted by Crippen LogP contribution is -2.36. The van der Waals surface area contributed by atoms with Crippen LogP contribution in [0, 0.1) is 0 Å². The van der Waals surface area contributed by atoms with Gasteiger partial charge in [-0.2, -0.15) is 13.2 Å². The molecular formula is C8H15F3N2O. The second-order valence-corrected chi connectivity index (χ2v) is 3.18. The molecule has 1 amide bonds. The van der Waals surface area contributed by atoms with Crippen molar-refractivity contribution in [2.24, 2.45) is 5.73 Å². The van der Waals surface area contributed by atoms with E-state index in [4.69, 9.17) is 5.73 Å². The van der Waals surface area contributed by atoms with Gasteiger partial charge in [-0.1, -0.05) is 0 Å². The summed E-state index contributed by atoms with van der Waals surface area (Å²) in [6, 6.07) is -0.875. The Kier molecular flexibility index (Phi) is 5.52. The third-order valence-corrected chi connectivity index (χ3v) is 1.55. The molecule has 0 saturated heterocycles. The van der Waals surface area contributed by atoms with Gasteiger partial charge in [0.25, 0.3) is 0 Å². The summed E-state index contributed by atoms with van der Waals surface area (Å²) in [4.78, 5) is 11.0. The summed E-state index contributed by atoms with van der Waals surface area (Å²) < 4.78 is 35.5. The third-order valence-electron chi connectivity index (χ3n) is 1.55. The molecular weight excluding hydrogens is 197 g/mol. The van der Waals surface area contributed by atoms with Crippen LogP contribution >= 0.6 is 0 Å². The van der Waals surface area contributed by atoms with Crippen LogP contribution in [0.15, 0.2) is 0 Å². The smallest absolute Gasteiger partial charge is 0.353 e. The van der Waals surface area contributed by atoms with Gasteiger partial charge in [-0.25, -0.2) is 0 Å². The summed E-state index contributed by atoms with van der Waals surface area (Å²) in [6.45, 7) is 1.69. The van der Waals surface area contributed by atoms with Crippen molar-refractivity contribution in [1.29, 1.82) is 0 Å². The Hall–Kier alpha value is -0.780. The summed E-state index contributed by atoms with van der Waals surface area (Å²) in [5.41, 5.74) is 5.15. The molecule has 0 aromatic carbocycles. The van der Waals surface area contributed by atoms with Gasteiger partial charge in [0.15, 0.2) is 0 Å². The largest absolute Gasteiger partial charge is 0.391 e. The van der Waals surface area contributed by atoms with E-state index in [0.29, 0.717) is 13.0 Å². The number of carbonyl (C=O) groups excluding carboxylic acids is 1. The monoisotopic (exact) mass is 212 g/mol. The maximum Gasteiger partial charge on any atom is 0.391 e. The first-order valence-electron chi connectivity index (χ1n) is 4.41. The number of amides is 1. The topological polar surface area (TPSA) is 55.1 Å². The normalized spacial score (nSPS) is 13.8. The molecule has 0 aliphatic carbocycles. The van der Waals surface area contributed by atoms with Crippen LogP contribution in [0.2, 0.25) is 0 Å². The molecule has 0 aromatic heterocycles. The molecule has 0 aliphatic heterocycles. The number of hydrogen-bond acceptors (Lipinski definition) is 2. The predicted molar refractivity (Wildman–Crippen MR) is 46.6 cm³/mol. The van der Waals surface area contributed by atoms with Crippen molar-refractivity contribution >= 4 is 5.91 Å². The minimum absolute atomic E-state index is 0.179. The van der Waals surface area contributed by atoms with Crippen molar-refractivity contribution in [1.82, 2.24) is 5.32 Å². The number of nitrogens with two attached hydrogens (primary N) is 1. The molecule has 0 heterocycles. The van der Waals surface area contributed by atoms with Crippen LogP contribution in [0.25, 0.3) is 0 Å². The molecule has 0 fully saturated rings. The molecule has 14 heavy (non-hydrogen) atoms. The zero-order valence-corrected chi connectivity index (χ0v) is 8.03. The van der Waals surface area contributed by atoms with Crippen molar-refractivity contribution in [3.05, 3.63) is 0 Å². The van der Waals surface area contributed by atoms with Crippen LogP contribution < -0.4 is 11.1 Å². The quantitative estimate of drug-likeness (QED) is 0.719. The highest BCUT2D eigenvalue weighted by Gasteiger charge is 2.30. The van der Waals surface area contributed by atoms with Gasteiger partial charge in [-0.3, -0.25) is 4.79 Å². The van der Waals surface area contributed by atoms with E-state index in [0.717, 1.165) is 0 Å². The minimum atomic E-state index is -4.24. The van der Waals surface area contributed by atoms with Crippen molar-refractivity contribution in [2.75, 3.05) is 6.54 Å². The first kappa shape index (κ1) is 13.2. The Balaban J connectivity index is 3.71. The van der Waals surface area contributed by atoms with Gasteiger partial charge in [-0.05, 0) is 19.9 Å². The van der Waals surface area contributed by atoms with E-state index in [2.05, 4.69) is 5.32 Å². The molecule has 0 rings (SSSR count). The van der Waals surface area contributed by atoms with E-state index >= 15 is 0 Å². The van der Waals surface area contributed by atoms with Crippen molar-refractivity contribution in [3.8, 4) is 0 Å². The van der Waals surface area contributed by atoms with Crippen LogP contribution in [-0.2, 0) is 4.79 Å². The van der Waals surface area contributed by atoms with Crippen molar-refractivity contribution in [2.45, 2.75) is 38.4 Å². The van der Waals surface area contributed by atoms with Gasteiger partial charge in [0.05, 0.1) is 6.42 Å². The number of nitrogens with one attached hydrogen (secondary N) is 1. The standard InChI is InChI=1S/C8H15F3N2O/c1-6(5-8(9,10)11)13-7(14)3-2-4-12/h6H,2-5,12H2,1H3,(H,13,14).